The van der Waals surface area contributed by atoms with E-state index in [9.17, 15) is 0 Å². The SMILES string of the molecule is COc1c(C)cc(Cl)cc1-c1csc(C#N)n1. The van der Waals surface area contributed by atoms with Crippen molar-refractivity contribution < 1.29 is 4.74 Å². The molecule has 0 radical (unpaired) electrons. The van der Waals surface area contributed by atoms with E-state index in [1.807, 2.05) is 24.4 Å². The maximum Gasteiger partial charge on any atom is 0.194 e. The van der Waals surface area contributed by atoms with Crippen molar-refractivity contribution in [3.8, 4) is 23.1 Å². The number of hydrogen-bond donors (Lipinski definition) is 0. The molecule has 0 saturated carbocycles. The number of nitriles is 1. The van der Waals surface area contributed by atoms with Crippen molar-refractivity contribution >= 4 is 22.9 Å². The Bertz CT molecular complexity index is 601. The molecule has 2 rings (SSSR count). The lowest BCUT2D eigenvalue weighted by Crippen LogP contribution is -1.92. The van der Waals surface area contributed by atoms with Crippen LogP contribution in [0.4, 0.5) is 0 Å². The largest absolute Gasteiger partial charge is 0.496 e. The number of nitrogens with zero attached hydrogens (tertiary/aromatic N) is 2. The molecule has 0 saturated heterocycles. The smallest absolute Gasteiger partial charge is 0.194 e. The normalized spacial score (nSPS) is 10.0. The molecule has 0 aliphatic carbocycles. The van der Waals surface area contributed by atoms with Gasteiger partial charge >= 0.3 is 0 Å². The molecule has 1 aromatic heterocycles. The fraction of sp³-hybridized carbons (Fsp3) is 0.167. The third-order valence-corrected chi connectivity index (χ3v) is 3.28. The molecule has 17 heavy (non-hydrogen) atoms. The first-order chi connectivity index (χ1) is 8.15. The standard InChI is InChI=1S/C12H9ClN2OS/c1-7-3-8(13)4-9(12(7)16-2)10-6-17-11(5-14)15-10/h3-4,6H,1-2H3. The molecule has 0 atom stereocenters. The molecule has 3 nitrogen and oxygen atoms in total. The van der Waals surface area contributed by atoms with Crippen LogP contribution in [-0.4, -0.2) is 12.1 Å². The molecule has 1 aromatic carbocycles. The van der Waals surface area contributed by atoms with Gasteiger partial charge in [0.15, 0.2) is 5.01 Å². The maximum absolute atomic E-state index is 8.77. The molecule has 0 amide bonds. The van der Waals surface area contributed by atoms with E-state index in [1.165, 1.54) is 11.3 Å². The second kappa shape index (κ2) is 4.74. The lowest BCUT2D eigenvalue weighted by atomic mass is 10.1. The van der Waals surface area contributed by atoms with Crippen LogP contribution in [0.3, 0.4) is 0 Å². The van der Waals surface area contributed by atoms with Gasteiger partial charge in [-0.1, -0.05) is 11.6 Å². The molecule has 0 unspecified atom stereocenters. The van der Waals surface area contributed by atoms with E-state index in [4.69, 9.17) is 21.6 Å². The number of aromatic nitrogens is 1. The summed E-state index contributed by atoms with van der Waals surface area (Å²) in [4.78, 5) is 4.21. The third kappa shape index (κ3) is 2.26. The van der Waals surface area contributed by atoms with Crippen LogP contribution >= 0.6 is 22.9 Å². The van der Waals surface area contributed by atoms with Crippen LogP contribution in [-0.2, 0) is 0 Å². The molecule has 1 heterocycles. The molecule has 0 aliphatic rings. The lowest BCUT2D eigenvalue weighted by Gasteiger charge is -2.10. The first kappa shape index (κ1) is 11.9. The molecule has 86 valence electrons. The van der Waals surface area contributed by atoms with Gasteiger partial charge < -0.3 is 4.74 Å². The van der Waals surface area contributed by atoms with Gasteiger partial charge in [-0.3, -0.25) is 0 Å². The molecule has 0 aliphatic heterocycles. The Balaban J connectivity index is 2.62. The van der Waals surface area contributed by atoms with Crippen LogP contribution in [0.25, 0.3) is 11.3 Å². The Morgan fingerprint density at radius 2 is 2.24 bits per heavy atom. The molecule has 0 spiro atoms. The van der Waals surface area contributed by atoms with Crippen LogP contribution in [0.15, 0.2) is 17.5 Å². The fourth-order valence-corrected chi connectivity index (χ4v) is 2.52. The molecular weight excluding hydrogens is 256 g/mol. The number of methoxy groups -OCH3 is 1. The fourth-order valence-electron chi connectivity index (χ4n) is 1.64. The van der Waals surface area contributed by atoms with E-state index in [-0.39, 0.29) is 0 Å². The summed E-state index contributed by atoms with van der Waals surface area (Å²) < 4.78 is 5.35. The third-order valence-electron chi connectivity index (χ3n) is 2.32. The van der Waals surface area contributed by atoms with E-state index in [0.29, 0.717) is 15.7 Å². The molecule has 0 fully saturated rings. The van der Waals surface area contributed by atoms with E-state index >= 15 is 0 Å². The molecular formula is C12H9ClN2OS. The summed E-state index contributed by atoms with van der Waals surface area (Å²) in [5.41, 5.74) is 2.48. The van der Waals surface area contributed by atoms with Gasteiger partial charge in [0.1, 0.15) is 11.8 Å². The van der Waals surface area contributed by atoms with Gasteiger partial charge in [-0.2, -0.15) is 5.26 Å². The highest BCUT2D eigenvalue weighted by Gasteiger charge is 2.13. The zero-order valence-electron chi connectivity index (χ0n) is 9.32. The van der Waals surface area contributed by atoms with Crippen LogP contribution in [0.2, 0.25) is 5.02 Å². The van der Waals surface area contributed by atoms with Crippen molar-refractivity contribution in [3.05, 3.63) is 33.1 Å². The number of ether oxygens (including phenoxy) is 1. The van der Waals surface area contributed by atoms with Crippen molar-refractivity contribution in [1.29, 1.82) is 5.26 Å². The highest BCUT2D eigenvalue weighted by Crippen LogP contribution is 2.35. The highest BCUT2D eigenvalue weighted by atomic mass is 35.5. The molecule has 0 bridgehead atoms. The number of halogens is 1. The quantitative estimate of drug-likeness (QED) is 0.832. The van der Waals surface area contributed by atoms with Crippen molar-refractivity contribution in [2.45, 2.75) is 6.92 Å². The second-order valence-electron chi connectivity index (χ2n) is 3.45. The molecule has 2 aromatic rings. The minimum atomic E-state index is 0.430. The predicted octanol–water partition coefficient (Wildman–Crippen LogP) is 3.65. The van der Waals surface area contributed by atoms with Gasteiger partial charge in [-0.05, 0) is 24.6 Å². The zero-order chi connectivity index (χ0) is 12.4. The number of rotatable bonds is 2. The van der Waals surface area contributed by atoms with Gasteiger partial charge in [0, 0.05) is 16.0 Å². The number of hydrogen-bond acceptors (Lipinski definition) is 4. The van der Waals surface area contributed by atoms with Crippen molar-refractivity contribution in [1.82, 2.24) is 4.98 Å². The predicted molar refractivity (Wildman–Crippen MR) is 68.6 cm³/mol. The first-order valence-corrected chi connectivity index (χ1v) is 6.11. The maximum atomic E-state index is 8.77. The van der Waals surface area contributed by atoms with E-state index in [0.717, 1.165) is 16.9 Å². The van der Waals surface area contributed by atoms with Crippen LogP contribution < -0.4 is 4.74 Å². The van der Waals surface area contributed by atoms with Crippen molar-refractivity contribution in [3.63, 3.8) is 0 Å². The summed E-state index contributed by atoms with van der Waals surface area (Å²) in [6, 6.07) is 5.65. The van der Waals surface area contributed by atoms with E-state index < -0.39 is 0 Å². The average molecular weight is 265 g/mol. The highest BCUT2D eigenvalue weighted by molar-refractivity contribution is 7.10. The van der Waals surface area contributed by atoms with Gasteiger partial charge in [0.2, 0.25) is 0 Å². The topological polar surface area (TPSA) is 45.9 Å². The number of benzene rings is 1. The molecule has 5 heteroatoms. The number of thiazole rings is 1. The second-order valence-corrected chi connectivity index (χ2v) is 4.75. The van der Waals surface area contributed by atoms with Gasteiger partial charge in [0.25, 0.3) is 0 Å². The van der Waals surface area contributed by atoms with E-state index in [2.05, 4.69) is 4.98 Å². The van der Waals surface area contributed by atoms with Crippen LogP contribution in [0, 0.1) is 18.3 Å². The Hall–Kier alpha value is -1.57. The Labute approximate surface area is 108 Å². The Morgan fingerprint density at radius 3 is 2.82 bits per heavy atom. The van der Waals surface area contributed by atoms with Crippen LogP contribution in [0.1, 0.15) is 10.6 Å². The van der Waals surface area contributed by atoms with Crippen molar-refractivity contribution in [2.24, 2.45) is 0 Å². The van der Waals surface area contributed by atoms with Gasteiger partial charge in [-0.25, -0.2) is 4.98 Å². The van der Waals surface area contributed by atoms with Crippen molar-refractivity contribution in [2.75, 3.05) is 7.11 Å². The van der Waals surface area contributed by atoms with E-state index in [1.54, 1.807) is 13.2 Å². The molecule has 0 N–H and O–H groups in total. The summed E-state index contributed by atoms with van der Waals surface area (Å²) in [6.07, 6.45) is 0. The minimum Gasteiger partial charge on any atom is -0.496 e. The minimum absolute atomic E-state index is 0.430. The summed E-state index contributed by atoms with van der Waals surface area (Å²) in [7, 11) is 1.61. The van der Waals surface area contributed by atoms with Gasteiger partial charge in [-0.15, -0.1) is 11.3 Å². The summed E-state index contributed by atoms with van der Waals surface area (Å²) >= 11 is 7.33. The zero-order valence-corrected chi connectivity index (χ0v) is 10.9. The average Bonchev–Trinajstić information content (AvgIpc) is 2.76. The lowest BCUT2D eigenvalue weighted by molar-refractivity contribution is 0.413. The Kier molecular flexibility index (Phi) is 3.32. The first-order valence-electron chi connectivity index (χ1n) is 4.86. The van der Waals surface area contributed by atoms with Gasteiger partial charge in [0.05, 0.1) is 12.8 Å². The number of aryl methyl sites for hydroxylation is 1. The summed E-state index contributed by atoms with van der Waals surface area (Å²) in [5.74, 6) is 0.740. The Morgan fingerprint density at radius 1 is 1.47 bits per heavy atom. The van der Waals surface area contributed by atoms with Crippen LogP contribution in [0.5, 0.6) is 5.75 Å². The summed E-state index contributed by atoms with van der Waals surface area (Å²) in [6.45, 7) is 1.92. The monoisotopic (exact) mass is 264 g/mol. The summed E-state index contributed by atoms with van der Waals surface area (Å²) in [5, 5.41) is 11.7.